The van der Waals surface area contributed by atoms with Crippen LogP contribution in [0.25, 0.3) is 0 Å². The van der Waals surface area contributed by atoms with Gasteiger partial charge in [0.2, 0.25) is 5.91 Å². The van der Waals surface area contributed by atoms with Gasteiger partial charge in [-0.05, 0) is 5.56 Å². The van der Waals surface area contributed by atoms with Crippen LogP contribution >= 0.6 is 0 Å². The van der Waals surface area contributed by atoms with Crippen molar-refractivity contribution in [2.24, 2.45) is 11.8 Å². The van der Waals surface area contributed by atoms with Gasteiger partial charge in [0.15, 0.2) is 0 Å². The number of aliphatic carboxylic acids is 1. The van der Waals surface area contributed by atoms with Gasteiger partial charge in [-0.2, -0.15) is 0 Å². The minimum Gasteiger partial charge on any atom is -0.481 e. The van der Waals surface area contributed by atoms with Gasteiger partial charge in [-0.15, -0.1) is 0 Å². The summed E-state index contributed by atoms with van der Waals surface area (Å²) >= 11 is 0. The van der Waals surface area contributed by atoms with E-state index < -0.39 is 11.9 Å². The largest absolute Gasteiger partial charge is 0.481 e. The van der Waals surface area contributed by atoms with Crippen molar-refractivity contribution >= 4 is 11.9 Å². The van der Waals surface area contributed by atoms with Gasteiger partial charge in [0, 0.05) is 26.1 Å². The van der Waals surface area contributed by atoms with Gasteiger partial charge < -0.3 is 14.7 Å². The Kier molecular flexibility index (Phi) is 4.96. The van der Waals surface area contributed by atoms with Crippen molar-refractivity contribution in [2.75, 3.05) is 26.8 Å². The van der Waals surface area contributed by atoms with E-state index in [0.29, 0.717) is 13.2 Å². The van der Waals surface area contributed by atoms with Crippen molar-refractivity contribution in [3.63, 3.8) is 0 Å². The van der Waals surface area contributed by atoms with Gasteiger partial charge in [0.1, 0.15) is 0 Å². The molecule has 1 amide bonds. The number of ether oxygens (including phenoxy) is 1. The Labute approximate surface area is 124 Å². The van der Waals surface area contributed by atoms with E-state index in [1.54, 1.807) is 18.9 Å². The molecule has 1 aliphatic heterocycles. The number of likely N-dealkylation sites (tertiary alicyclic amines) is 1. The van der Waals surface area contributed by atoms with E-state index in [1.165, 1.54) is 0 Å². The van der Waals surface area contributed by atoms with Crippen molar-refractivity contribution in [1.82, 2.24) is 4.90 Å². The van der Waals surface area contributed by atoms with Crippen LogP contribution in [0.3, 0.4) is 0 Å². The predicted molar refractivity (Wildman–Crippen MR) is 77.9 cm³/mol. The third kappa shape index (κ3) is 3.42. The molecule has 5 nitrogen and oxygen atoms in total. The Morgan fingerprint density at radius 2 is 2.00 bits per heavy atom. The summed E-state index contributed by atoms with van der Waals surface area (Å²) in [5, 5.41) is 9.42. The predicted octanol–water partition coefficient (Wildman–Crippen LogP) is 1.60. The highest BCUT2D eigenvalue weighted by Gasteiger charge is 2.41. The van der Waals surface area contributed by atoms with Crippen molar-refractivity contribution in [3.8, 4) is 0 Å². The van der Waals surface area contributed by atoms with Gasteiger partial charge in [-0.25, -0.2) is 0 Å². The molecule has 3 unspecified atom stereocenters. The quantitative estimate of drug-likeness (QED) is 0.894. The van der Waals surface area contributed by atoms with E-state index >= 15 is 0 Å². The highest BCUT2D eigenvalue weighted by Crippen LogP contribution is 2.33. The second-order valence-corrected chi connectivity index (χ2v) is 5.56. The highest BCUT2D eigenvalue weighted by molar-refractivity contribution is 5.81. The lowest BCUT2D eigenvalue weighted by atomic mass is 9.89. The molecule has 1 fully saturated rings. The zero-order valence-corrected chi connectivity index (χ0v) is 12.4. The number of benzene rings is 1. The van der Waals surface area contributed by atoms with E-state index in [9.17, 15) is 14.7 Å². The molecule has 0 radical (unpaired) electrons. The zero-order valence-electron chi connectivity index (χ0n) is 12.4. The van der Waals surface area contributed by atoms with E-state index in [4.69, 9.17) is 4.74 Å². The fourth-order valence-electron chi connectivity index (χ4n) is 2.90. The third-order valence-corrected chi connectivity index (χ3v) is 4.01. The molecule has 21 heavy (non-hydrogen) atoms. The van der Waals surface area contributed by atoms with Gasteiger partial charge >= 0.3 is 5.97 Å². The Morgan fingerprint density at radius 1 is 1.33 bits per heavy atom. The molecular weight excluding hydrogens is 270 g/mol. The van der Waals surface area contributed by atoms with Crippen molar-refractivity contribution in [3.05, 3.63) is 35.9 Å². The SMILES string of the molecule is COCC(C)C(=O)N1CC(C(=O)O)C(c2ccccc2)C1. The van der Waals surface area contributed by atoms with E-state index in [-0.39, 0.29) is 24.3 Å². The van der Waals surface area contributed by atoms with Crippen LogP contribution in [-0.4, -0.2) is 48.7 Å². The van der Waals surface area contributed by atoms with Gasteiger partial charge in [0.05, 0.1) is 18.4 Å². The minimum absolute atomic E-state index is 0.0402. The molecule has 0 aliphatic carbocycles. The molecule has 1 saturated heterocycles. The molecule has 0 spiro atoms. The standard InChI is InChI=1S/C16H21NO4/c1-11(10-21-2)15(18)17-8-13(14(9-17)16(19)20)12-6-4-3-5-7-12/h3-7,11,13-14H,8-10H2,1-2H3,(H,19,20). The zero-order chi connectivity index (χ0) is 15.4. The van der Waals surface area contributed by atoms with Crippen LogP contribution in [-0.2, 0) is 14.3 Å². The number of hydrogen-bond acceptors (Lipinski definition) is 3. The lowest BCUT2D eigenvalue weighted by molar-refractivity contribution is -0.142. The molecule has 1 aliphatic rings. The second kappa shape index (κ2) is 6.72. The highest BCUT2D eigenvalue weighted by atomic mass is 16.5. The number of carboxylic acids is 1. The molecule has 5 heteroatoms. The van der Waals surface area contributed by atoms with Crippen LogP contribution < -0.4 is 0 Å². The number of carboxylic acid groups (broad SMARTS) is 1. The first kappa shape index (κ1) is 15.5. The number of nitrogens with zero attached hydrogens (tertiary/aromatic N) is 1. The maximum absolute atomic E-state index is 12.3. The normalized spacial score (nSPS) is 23.0. The fraction of sp³-hybridized carbons (Fsp3) is 0.500. The smallest absolute Gasteiger partial charge is 0.308 e. The molecule has 1 N–H and O–H groups in total. The van der Waals surface area contributed by atoms with Crippen LogP contribution in [0.15, 0.2) is 30.3 Å². The molecule has 2 rings (SSSR count). The second-order valence-electron chi connectivity index (χ2n) is 5.56. The average molecular weight is 291 g/mol. The fourth-order valence-corrected chi connectivity index (χ4v) is 2.90. The topological polar surface area (TPSA) is 66.8 Å². The summed E-state index contributed by atoms with van der Waals surface area (Å²) in [5.41, 5.74) is 0.972. The third-order valence-electron chi connectivity index (χ3n) is 4.01. The summed E-state index contributed by atoms with van der Waals surface area (Å²) in [7, 11) is 1.56. The average Bonchev–Trinajstić information content (AvgIpc) is 2.93. The van der Waals surface area contributed by atoms with Gasteiger partial charge in [0.25, 0.3) is 0 Å². The Morgan fingerprint density at radius 3 is 2.57 bits per heavy atom. The van der Waals surface area contributed by atoms with Crippen molar-refractivity contribution < 1.29 is 19.4 Å². The number of amides is 1. The minimum atomic E-state index is -0.849. The Bertz CT molecular complexity index is 502. The molecule has 1 aromatic carbocycles. The lowest BCUT2D eigenvalue weighted by Gasteiger charge is -2.20. The molecule has 3 atom stereocenters. The number of carbonyl (C=O) groups excluding carboxylic acids is 1. The maximum atomic E-state index is 12.3. The molecular formula is C16H21NO4. The molecule has 114 valence electrons. The van der Waals surface area contributed by atoms with E-state index in [0.717, 1.165) is 5.56 Å². The molecule has 1 heterocycles. The van der Waals surface area contributed by atoms with Crippen LogP contribution in [0.5, 0.6) is 0 Å². The summed E-state index contributed by atoms with van der Waals surface area (Å²) in [6.45, 7) is 2.87. The molecule has 0 saturated carbocycles. The number of carbonyl (C=O) groups is 2. The molecule has 0 bridgehead atoms. The molecule has 0 aromatic heterocycles. The van der Waals surface area contributed by atoms with Crippen LogP contribution in [0.1, 0.15) is 18.4 Å². The van der Waals surface area contributed by atoms with Gasteiger partial charge in [-0.1, -0.05) is 37.3 Å². The first-order chi connectivity index (χ1) is 10.0. The first-order valence-corrected chi connectivity index (χ1v) is 7.10. The maximum Gasteiger partial charge on any atom is 0.308 e. The lowest BCUT2D eigenvalue weighted by Crippen LogP contribution is -2.35. The summed E-state index contributed by atoms with van der Waals surface area (Å²) < 4.78 is 5.01. The Balaban J connectivity index is 2.16. The summed E-state index contributed by atoms with van der Waals surface area (Å²) in [6, 6.07) is 9.54. The van der Waals surface area contributed by atoms with E-state index in [1.807, 2.05) is 30.3 Å². The monoisotopic (exact) mass is 291 g/mol. The van der Waals surface area contributed by atoms with Crippen molar-refractivity contribution in [1.29, 1.82) is 0 Å². The van der Waals surface area contributed by atoms with Crippen LogP contribution in [0.4, 0.5) is 0 Å². The number of rotatable bonds is 5. The number of methoxy groups -OCH3 is 1. The summed E-state index contributed by atoms with van der Waals surface area (Å²) in [4.78, 5) is 25.5. The molecule has 1 aromatic rings. The first-order valence-electron chi connectivity index (χ1n) is 7.10. The van der Waals surface area contributed by atoms with E-state index in [2.05, 4.69) is 0 Å². The summed E-state index contributed by atoms with van der Waals surface area (Å²) in [6.07, 6.45) is 0. The van der Waals surface area contributed by atoms with Crippen LogP contribution in [0, 0.1) is 11.8 Å². The number of hydrogen-bond donors (Lipinski definition) is 1. The van der Waals surface area contributed by atoms with Gasteiger partial charge in [-0.3, -0.25) is 9.59 Å². The Hall–Kier alpha value is -1.88. The summed E-state index contributed by atoms with van der Waals surface area (Å²) in [5.74, 6) is -1.84. The van der Waals surface area contributed by atoms with Crippen molar-refractivity contribution in [2.45, 2.75) is 12.8 Å². The van der Waals surface area contributed by atoms with Crippen LogP contribution in [0.2, 0.25) is 0 Å².